The van der Waals surface area contributed by atoms with Crippen molar-refractivity contribution in [1.29, 1.82) is 5.26 Å². The summed E-state index contributed by atoms with van der Waals surface area (Å²) in [6.07, 6.45) is 1.35. The van der Waals surface area contributed by atoms with E-state index in [4.69, 9.17) is 23.7 Å². The highest BCUT2D eigenvalue weighted by atomic mass is 16.6. The van der Waals surface area contributed by atoms with Gasteiger partial charge in [0.15, 0.2) is 11.5 Å². The van der Waals surface area contributed by atoms with Crippen molar-refractivity contribution in [1.82, 2.24) is 20.6 Å². The summed E-state index contributed by atoms with van der Waals surface area (Å²) in [4.78, 5) is 12.5. The predicted octanol–water partition coefficient (Wildman–Crippen LogP) is 1.40. The molecule has 0 atom stereocenters. The zero-order valence-electron chi connectivity index (χ0n) is 17.5. The molecule has 0 bridgehead atoms. The van der Waals surface area contributed by atoms with Crippen molar-refractivity contribution in [2.24, 2.45) is 0 Å². The lowest BCUT2D eigenvalue weighted by Crippen LogP contribution is -2.12. The Kier molecular flexibility index (Phi) is 9.73. The number of hydrogen-bond donors (Lipinski definition) is 2. The minimum absolute atomic E-state index is 0.101. The highest BCUT2D eigenvalue weighted by molar-refractivity contribution is 5.97. The molecule has 2 rings (SSSR count). The topological polar surface area (TPSA) is 154 Å². The van der Waals surface area contributed by atoms with Crippen LogP contribution in [0.2, 0.25) is 0 Å². The van der Waals surface area contributed by atoms with Gasteiger partial charge in [-0.3, -0.25) is 0 Å². The van der Waals surface area contributed by atoms with Gasteiger partial charge in [-0.15, -0.1) is 10.2 Å². The Hall–Kier alpha value is -3.69. The molecule has 0 saturated heterocycles. The summed E-state index contributed by atoms with van der Waals surface area (Å²) in [5, 5.41) is 25.5. The molecule has 0 aliphatic rings. The molecule has 0 aliphatic carbocycles. The number of hydrogen-bond acceptors (Lipinski definition) is 11. The third-order valence-corrected chi connectivity index (χ3v) is 3.75. The molecule has 12 nitrogen and oxygen atoms in total. The average molecular weight is 432 g/mol. The SMILES string of the molecule is CCOC(=O)c1cc(OCCOC)c(OCCOC)cc1NC=C(C#N)c1nn[nH]n1. The fourth-order valence-corrected chi connectivity index (χ4v) is 2.33. The van der Waals surface area contributed by atoms with Crippen LogP contribution in [0.15, 0.2) is 18.3 Å². The second-order valence-corrected chi connectivity index (χ2v) is 5.80. The molecular formula is C19H24N6O6. The van der Waals surface area contributed by atoms with Gasteiger partial charge in [0, 0.05) is 32.6 Å². The van der Waals surface area contributed by atoms with Crippen molar-refractivity contribution in [3.63, 3.8) is 0 Å². The molecule has 31 heavy (non-hydrogen) atoms. The highest BCUT2D eigenvalue weighted by Crippen LogP contribution is 2.34. The van der Waals surface area contributed by atoms with Gasteiger partial charge in [-0.2, -0.15) is 10.5 Å². The maximum Gasteiger partial charge on any atom is 0.340 e. The van der Waals surface area contributed by atoms with Gasteiger partial charge in [0.25, 0.3) is 0 Å². The van der Waals surface area contributed by atoms with Crippen molar-refractivity contribution < 1.29 is 28.5 Å². The Morgan fingerprint density at radius 3 is 2.39 bits per heavy atom. The van der Waals surface area contributed by atoms with Crippen molar-refractivity contribution in [3.05, 3.63) is 29.7 Å². The number of carbonyl (C=O) groups is 1. The molecule has 1 heterocycles. The van der Waals surface area contributed by atoms with E-state index in [0.717, 1.165) is 0 Å². The maximum absolute atomic E-state index is 12.5. The van der Waals surface area contributed by atoms with Gasteiger partial charge in [0.2, 0.25) is 5.82 Å². The zero-order chi connectivity index (χ0) is 22.5. The van der Waals surface area contributed by atoms with Gasteiger partial charge in [0.1, 0.15) is 24.9 Å². The van der Waals surface area contributed by atoms with Gasteiger partial charge in [-0.1, -0.05) is 0 Å². The minimum atomic E-state index is -0.573. The van der Waals surface area contributed by atoms with Crippen molar-refractivity contribution in [3.8, 4) is 17.6 Å². The molecule has 0 amide bonds. The first-order valence-corrected chi connectivity index (χ1v) is 9.33. The maximum atomic E-state index is 12.5. The Morgan fingerprint density at radius 1 is 1.16 bits per heavy atom. The van der Waals surface area contributed by atoms with E-state index in [9.17, 15) is 10.1 Å². The first-order chi connectivity index (χ1) is 15.1. The van der Waals surface area contributed by atoms with Crippen LogP contribution in [-0.4, -0.2) is 73.8 Å². The van der Waals surface area contributed by atoms with E-state index in [-0.39, 0.29) is 36.8 Å². The molecule has 2 N–H and O–H groups in total. The van der Waals surface area contributed by atoms with Crippen LogP contribution in [0.25, 0.3) is 5.57 Å². The molecule has 0 unspecified atom stereocenters. The van der Waals surface area contributed by atoms with Crippen molar-refractivity contribution in [2.45, 2.75) is 6.92 Å². The zero-order valence-corrected chi connectivity index (χ0v) is 17.5. The molecule has 0 saturated carbocycles. The number of nitriles is 1. The molecule has 0 aliphatic heterocycles. The van der Waals surface area contributed by atoms with Crippen molar-refractivity contribution >= 4 is 17.2 Å². The molecule has 12 heteroatoms. The van der Waals surface area contributed by atoms with Crippen LogP contribution in [-0.2, 0) is 14.2 Å². The summed E-state index contributed by atoms with van der Waals surface area (Å²) in [7, 11) is 3.11. The fraction of sp³-hybridized carbons (Fsp3) is 0.421. The summed E-state index contributed by atoms with van der Waals surface area (Å²) in [6.45, 7) is 3.11. The van der Waals surface area contributed by atoms with Gasteiger partial charge in [-0.05, 0) is 12.1 Å². The number of ether oxygens (including phenoxy) is 5. The molecule has 0 spiro atoms. The summed E-state index contributed by atoms with van der Waals surface area (Å²) in [6, 6.07) is 5.04. The minimum Gasteiger partial charge on any atom is -0.487 e. The number of H-pyrrole nitrogens is 1. The number of tetrazole rings is 1. The second kappa shape index (κ2) is 12.8. The van der Waals surface area contributed by atoms with Gasteiger partial charge in [0.05, 0.1) is 31.1 Å². The normalized spacial score (nSPS) is 11.0. The molecule has 166 valence electrons. The van der Waals surface area contributed by atoms with Crippen LogP contribution >= 0.6 is 0 Å². The standard InChI is InChI=1S/C19H24N6O6/c1-4-29-19(26)14-9-16(30-7-5-27-2)17(31-8-6-28-3)10-15(14)21-12-13(11-20)18-22-24-25-23-18/h9-10,12,21H,4-8H2,1-3H3,(H,22,23,24,25). The number of aromatic amines is 1. The van der Waals surface area contributed by atoms with Crippen LogP contribution in [0.5, 0.6) is 11.5 Å². The summed E-state index contributed by atoms with van der Waals surface area (Å²) < 4.78 is 26.6. The van der Waals surface area contributed by atoms with Crippen LogP contribution in [0.3, 0.4) is 0 Å². The monoisotopic (exact) mass is 432 g/mol. The van der Waals surface area contributed by atoms with E-state index in [0.29, 0.717) is 30.4 Å². The number of allylic oxidation sites excluding steroid dienone is 1. The second-order valence-electron chi connectivity index (χ2n) is 5.80. The number of nitrogens with one attached hydrogen (secondary N) is 2. The molecule has 1 aromatic heterocycles. The average Bonchev–Trinajstić information content (AvgIpc) is 3.30. The van der Waals surface area contributed by atoms with Crippen LogP contribution in [0, 0.1) is 11.3 Å². The van der Waals surface area contributed by atoms with E-state index in [1.165, 1.54) is 12.3 Å². The van der Waals surface area contributed by atoms with Gasteiger partial charge in [-0.25, -0.2) is 4.79 Å². The largest absolute Gasteiger partial charge is 0.487 e. The first-order valence-electron chi connectivity index (χ1n) is 9.33. The van der Waals surface area contributed by atoms with Crippen molar-refractivity contribution in [2.75, 3.05) is 52.6 Å². The lowest BCUT2D eigenvalue weighted by molar-refractivity contribution is 0.0526. The fourth-order valence-electron chi connectivity index (χ4n) is 2.33. The number of anilines is 1. The summed E-state index contributed by atoms with van der Waals surface area (Å²) >= 11 is 0. The third kappa shape index (κ3) is 6.95. The molecule has 2 aromatic rings. The van der Waals surface area contributed by atoms with Crippen LogP contribution in [0.1, 0.15) is 23.1 Å². The Morgan fingerprint density at radius 2 is 1.84 bits per heavy atom. The number of nitrogens with zero attached hydrogens (tertiary/aromatic N) is 4. The Balaban J connectivity index is 2.42. The first kappa shape index (κ1) is 23.6. The number of esters is 1. The molecule has 1 aromatic carbocycles. The van der Waals surface area contributed by atoms with Crippen LogP contribution < -0.4 is 14.8 Å². The number of methoxy groups -OCH3 is 2. The third-order valence-electron chi connectivity index (χ3n) is 3.75. The van der Waals surface area contributed by atoms with E-state index >= 15 is 0 Å². The number of benzene rings is 1. The van der Waals surface area contributed by atoms with E-state index in [1.807, 2.05) is 6.07 Å². The van der Waals surface area contributed by atoms with E-state index in [2.05, 4.69) is 25.9 Å². The number of carbonyl (C=O) groups excluding carboxylic acids is 1. The quantitative estimate of drug-likeness (QED) is 0.268. The summed E-state index contributed by atoms with van der Waals surface area (Å²) in [5.74, 6) is 0.236. The van der Waals surface area contributed by atoms with Gasteiger partial charge >= 0.3 is 5.97 Å². The lowest BCUT2D eigenvalue weighted by atomic mass is 10.1. The molecular weight excluding hydrogens is 408 g/mol. The smallest absolute Gasteiger partial charge is 0.340 e. The Labute approximate surface area is 179 Å². The highest BCUT2D eigenvalue weighted by Gasteiger charge is 2.19. The van der Waals surface area contributed by atoms with E-state index in [1.54, 1.807) is 27.2 Å². The Bertz CT molecular complexity index is 909. The number of aromatic nitrogens is 4. The predicted molar refractivity (Wildman–Crippen MR) is 109 cm³/mol. The van der Waals surface area contributed by atoms with Gasteiger partial charge < -0.3 is 29.0 Å². The molecule has 0 fully saturated rings. The number of rotatable bonds is 13. The van der Waals surface area contributed by atoms with E-state index < -0.39 is 5.97 Å². The molecule has 0 radical (unpaired) electrons. The summed E-state index contributed by atoms with van der Waals surface area (Å²) in [5.41, 5.74) is 0.627. The lowest BCUT2D eigenvalue weighted by Gasteiger charge is -2.17. The van der Waals surface area contributed by atoms with Crippen LogP contribution in [0.4, 0.5) is 5.69 Å².